The molecule has 1 spiro atoms. The molecule has 0 radical (unpaired) electrons. The summed E-state index contributed by atoms with van der Waals surface area (Å²) in [6.07, 6.45) is 4.79. The highest BCUT2D eigenvalue weighted by atomic mass is 79.9. The molecule has 2 aliphatic rings. The lowest BCUT2D eigenvalue weighted by atomic mass is 9.75. The minimum atomic E-state index is 0. The van der Waals surface area contributed by atoms with Crippen molar-refractivity contribution in [3.8, 4) is 0 Å². The van der Waals surface area contributed by atoms with Gasteiger partial charge in [-0.2, -0.15) is 0 Å². The number of rotatable bonds is 0. The van der Waals surface area contributed by atoms with Crippen molar-refractivity contribution >= 4 is 17.0 Å². The molecule has 2 atom stereocenters. The van der Waals surface area contributed by atoms with E-state index in [2.05, 4.69) is 19.2 Å². The summed E-state index contributed by atoms with van der Waals surface area (Å²) in [6, 6.07) is 0. The van der Waals surface area contributed by atoms with Crippen molar-refractivity contribution in [2.24, 2.45) is 5.41 Å². The van der Waals surface area contributed by atoms with Gasteiger partial charge in [-0.15, -0.1) is 17.0 Å². The second kappa shape index (κ2) is 4.28. The average molecular weight is 250 g/mol. The van der Waals surface area contributed by atoms with Gasteiger partial charge in [0.2, 0.25) is 0 Å². The molecule has 13 heavy (non-hydrogen) atoms. The molecule has 0 aromatic rings. The first-order valence-corrected chi connectivity index (χ1v) is 5.06. The number of ether oxygens (including phenoxy) is 1. The molecule has 2 fully saturated rings. The molecule has 0 aromatic carbocycles. The van der Waals surface area contributed by atoms with Crippen LogP contribution in [0.3, 0.4) is 0 Å². The Morgan fingerprint density at radius 3 is 2.31 bits per heavy atom. The monoisotopic (exact) mass is 249 g/mol. The van der Waals surface area contributed by atoms with Gasteiger partial charge in [-0.05, 0) is 45.1 Å². The molecule has 2 heterocycles. The minimum Gasteiger partial charge on any atom is -0.376 e. The summed E-state index contributed by atoms with van der Waals surface area (Å²) in [7, 11) is 0. The molecule has 78 valence electrons. The van der Waals surface area contributed by atoms with Gasteiger partial charge >= 0.3 is 0 Å². The van der Waals surface area contributed by atoms with Crippen LogP contribution in [0.2, 0.25) is 0 Å². The number of nitrogens with one attached hydrogen (secondary N) is 1. The van der Waals surface area contributed by atoms with E-state index in [0.29, 0.717) is 17.6 Å². The van der Waals surface area contributed by atoms with Crippen molar-refractivity contribution in [1.82, 2.24) is 5.32 Å². The molecule has 0 amide bonds. The quantitative estimate of drug-likeness (QED) is 0.711. The highest BCUT2D eigenvalue weighted by molar-refractivity contribution is 8.93. The van der Waals surface area contributed by atoms with Crippen LogP contribution < -0.4 is 5.32 Å². The third-order valence-electron chi connectivity index (χ3n) is 3.24. The Labute approximate surface area is 91.2 Å². The zero-order chi connectivity index (χ0) is 8.60. The van der Waals surface area contributed by atoms with Gasteiger partial charge in [0.15, 0.2) is 0 Å². The van der Waals surface area contributed by atoms with Crippen molar-refractivity contribution in [2.45, 2.75) is 45.3 Å². The Kier molecular flexibility index (Phi) is 3.78. The SMILES string of the molecule is Br.CC1CC2(CCNC2)CC(C)O1. The Balaban J connectivity index is 0.000000845. The summed E-state index contributed by atoms with van der Waals surface area (Å²) in [5, 5.41) is 3.47. The fraction of sp³-hybridized carbons (Fsp3) is 1.00. The van der Waals surface area contributed by atoms with Crippen LogP contribution in [0.25, 0.3) is 0 Å². The first-order chi connectivity index (χ1) is 5.70. The lowest BCUT2D eigenvalue weighted by Gasteiger charge is -2.39. The van der Waals surface area contributed by atoms with E-state index in [4.69, 9.17) is 4.74 Å². The zero-order valence-corrected chi connectivity index (χ0v) is 10.2. The van der Waals surface area contributed by atoms with E-state index in [0.717, 1.165) is 0 Å². The number of hydrogen-bond acceptors (Lipinski definition) is 2. The first-order valence-electron chi connectivity index (χ1n) is 5.06. The summed E-state index contributed by atoms with van der Waals surface area (Å²) in [6.45, 7) is 6.83. The summed E-state index contributed by atoms with van der Waals surface area (Å²) in [4.78, 5) is 0. The van der Waals surface area contributed by atoms with Gasteiger partial charge in [-0.1, -0.05) is 0 Å². The molecule has 2 unspecified atom stereocenters. The number of hydrogen-bond donors (Lipinski definition) is 1. The largest absolute Gasteiger partial charge is 0.376 e. The minimum absolute atomic E-state index is 0. The van der Waals surface area contributed by atoms with E-state index >= 15 is 0 Å². The van der Waals surface area contributed by atoms with Crippen molar-refractivity contribution in [2.75, 3.05) is 13.1 Å². The fourth-order valence-electron chi connectivity index (χ4n) is 2.94. The zero-order valence-electron chi connectivity index (χ0n) is 8.51. The van der Waals surface area contributed by atoms with Gasteiger partial charge in [0.1, 0.15) is 0 Å². The molecule has 1 N–H and O–H groups in total. The van der Waals surface area contributed by atoms with Crippen LogP contribution in [0.15, 0.2) is 0 Å². The van der Waals surface area contributed by atoms with Crippen LogP contribution in [0, 0.1) is 5.41 Å². The third-order valence-corrected chi connectivity index (χ3v) is 3.24. The maximum absolute atomic E-state index is 5.75. The van der Waals surface area contributed by atoms with Crippen molar-refractivity contribution < 1.29 is 4.74 Å². The normalized spacial score (nSPS) is 44.8. The molecule has 2 aliphatic heterocycles. The fourth-order valence-corrected chi connectivity index (χ4v) is 2.94. The van der Waals surface area contributed by atoms with Crippen molar-refractivity contribution in [1.29, 1.82) is 0 Å². The van der Waals surface area contributed by atoms with Crippen LogP contribution >= 0.6 is 17.0 Å². The molecular weight excluding hydrogens is 230 g/mol. The van der Waals surface area contributed by atoms with Gasteiger partial charge < -0.3 is 10.1 Å². The highest BCUT2D eigenvalue weighted by Gasteiger charge is 2.40. The van der Waals surface area contributed by atoms with E-state index in [9.17, 15) is 0 Å². The van der Waals surface area contributed by atoms with Crippen molar-refractivity contribution in [3.63, 3.8) is 0 Å². The molecule has 2 rings (SSSR count). The molecule has 2 saturated heterocycles. The molecule has 0 aromatic heterocycles. The van der Waals surface area contributed by atoms with Crippen molar-refractivity contribution in [3.05, 3.63) is 0 Å². The molecular formula is C10H20BrNO. The topological polar surface area (TPSA) is 21.3 Å². The molecule has 0 aliphatic carbocycles. The summed E-state index contributed by atoms with van der Waals surface area (Å²) in [5.41, 5.74) is 0.580. The predicted octanol–water partition coefficient (Wildman–Crippen LogP) is 2.13. The molecule has 3 heteroatoms. The summed E-state index contributed by atoms with van der Waals surface area (Å²) < 4.78 is 5.75. The van der Waals surface area contributed by atoms with E-state index in [-0.39, 0.29) is 17.0 Å². The van der Waals surface area contributed by atoms with Gasteiger partial charge in [0.05, 0.1) is 12.2 Å². The second-order valence-electron chi connectivity index (χ2n) is 4.59. The lowest BCUT2D eigenvalue weighted by molar-refractivity contribution is -0.0810. The predicted molar refractivity (Wildman–Crippen MR) is 59.5 cm³/mol. The van der Waals surface area contributed by atoms with Crippen LogP contribution in [-0.4, -0.2) is 25.3 Å². The van der Waals surface area contributed by atoms with E-state index in [1.165, 1.54) is 32.4 Å². The van der Waals surface area contributed by atoms with E-state index in [1.807, 2.05) is 0 Å². The molecule has 0 bridgehead atoms. The summed E-state index contributed by atoms with van der Waals surface area (Å²) in [5.74, 6) is 0. The average Bonchev–Trinajstić information content (AvgIpc) is 2.33. The maximum Gasteiger partial charge on any atom is 0.0556 e. The standard InChI is InChI=1S/C10H19NO.BrH/c1-8-5-10(3-4-11-7-10)6-9(2)12-8;/h8-9,11H,3-7H2,1-2H3;1H. The third kappa shape index (κ3) is 2.45. The van der Waals surface area contributed by atoms with Gasteiger partial charge in [0.25, 0.3) is 0 Å². The highest BCUT2D eigenvalue weighted by Crippen LogP contribution is 2.40. The molecule has 0 saturated carbocycles. The maximum atomic E-state index is 5.75. The Bertz CT molecular complexity index is 156. The second-order valence-corrected chi connectivity index (χ2v) is 4.59. The van der Waals surface area contributed by atoms with Crippen LogP contribution in [0.5, 0.6) is 0 Å². The lowest BCUT2D eigenvalue weighted by Crippen LogP contribution is -2.39. The Hall–Kier alpha value is 0.400. The van der Waals surface area contributed by atoms with Gasteiger partial charge in [0, 0.05) is 6.54 Å². The Morgan fingerprint density at radius 2 is 1.85 bits per heavy atom. The van der Waals surface area contributed by atoms with E-state index < -0.39 is 0 Å². The van der Waals surface area contributed by atoms with E-state index in [1.54, 1.807) is 0 Å². The van der Waals surface area contributed by atoms with Gasteiger partial charge in [-0.25, -0.2) is 0 Å². The van der Waals surface area contributed by atoms with Gasteiger partial charge in [-0.3, -0.25) is 0 Å². The van der Waals surface area contributed by atoms with Crippen LogP contribution in [0.1, 0.15) is 33.1 Å². The van der Waals surface area contributed by atoms with Crippen LogP contribution in [-0.2, 0) is 4.74 Å². The smallest absolute Gasteiger partial charge is 0.0556 e. The first kappa shape index (κ1) is 11.5. The summed E-state index contributed by atoms with van der Waals surface area (Å²) >= 11 is 0. The number of halogens is 1. The van der Waals surface area contributed by atoms with Crippen LogP contribution in [0.4, 0.5) is 0 Å². The Morgan fingerprint density at radius 1 is 1.23 bits per heavy atom. The molecule has 2 nitrogen and oxygen atoms in total.